The summed E-state index contributed by atoms with van der Waals surface area (Å²) < 4.78 is 0. The molecule has 0 radical (unpaired) electrons. The molecule has 0 aromatic rings. The lowest BCUT2D eigenvalue weighted by atomic mass is 10.1. The molecule has 1 nitrogen and oxygen atoms in total. The first-order valence-electron chi connectivity index (χ1n) is 3.87. The number of unbranched alkanes of at least 4 members (excludes halogenated alkanes) is 2. The van der Waals surface area contributed by atoms with E-state index in [4.69, 9.17) is 0 Å². The lowest BCUT2D eigenvalue weighted by Gasteiger charge is -1.92. The summed E-state index contributed by atoms with van der Waals surface area (Å²) in [6.45, 7) is 0. The summed E-state index contributed by atoms with van der Waals surface area (Å²) in [5.74, 6) is 1.04. The van der Waals surface area contributed by atoms with Crippen molar-refractivity contribution in [3.05, 3.63) is 0 Å². The highest BCUT2D eigenvalue weighted by Crippen LogP contribution is 2.33. The second-order valence-corrected chi connectivity index (χ2v) is 2.89. The summed E-state index contributed by atoms with van der Waals surface area (Å²) in [4.78, 5) is 9.87. The van der Waals surface area contributed by atoms with Gasteiger partial charge in [-0.3, -0.25) is 0 Å². The molecule has 1 aliphatic carbocycles. The molecule has 0 atom stereocenters. The molecular formula is C8H14O. The van der Waals surface area contributed by atoms with Gasteiger partial charge < -0.3 is 4.79 Å². The van der Waals surface area contributed by atoms with Crippen LogP contribution < -0.4 is 0 Å². The second-order valence-electron chi connectivity index (χ2n) is 2.89. The maximum absolute atomic E-state index is 9.87. The van der Waals surface area contributed by atoms with Crippen molar-refractivity contribution in [3.8, 4) is 0 Å². The third kappa shape index (κ3) is 3.28. The summed E-state index contributed by atoms with van der Waals surface area (Å²) in [7, 11) is 0. The van der Waals surface area contributed by atoms with Crippen LogP contribution in [0.3, 0.4) is 0 Å². The summed E-state index contributed by atoms with van der Waals surface area (Å²) >= 11 is 0. The van der Waals surface area contributed by atoms with Crippen LogP contribution in [0, 0.1) is 5.92 Å². The molecule has 52 valence electrons. The van der Waals surface area contributed by atoms with Crippen molar-refractivity contribution >= 4 is 6.29 Å². The fraction of sp³-hybridized carbons (Fsp3) is 0.875. The van der Waals surface area contributed by atoms with E-state index in [0.717, 1.165) is 25.0 Å². The second kappa shape index (κ2) is 3.65. The minimum absolute atomic E-state index is 0.771. The molecule has 0 bridgehead atoms. The fourth-order valence-electron chi connectivity index (χ4n) is 1.07. The highest BCUT2D eigenvalue weighted by atomic mass is 16.1. The number of aldehydes is 1. The average molecular weight is 126 g/mol. The molecule has 0 heterocycles. The molecule has 0 N–H and O–H groups in total. The molecule has 0 aliphatic heterocycles. The van der Waals surface area contributed by atoms with Crippen molar-refractivity contribution < 1.29 is 4.79 Å². The van der Waals surface area contributed by atoms with E-state index in [9.17, 15) is 4.79 Å². The topological polar surface area (TPSA) is 17.1 Å². The molecule has 1 fully saturated rings. The Hall–Kier alpha value is -0.330. The highest BCUT2D eigenvalue weighted by Gasteiger charge is 2.19. The van der Waals surface area contributed by atoms with Crippen LogP contribution >= 0.6 is 0 Å². The molecular weight excluding hydrogens is 112 g/mol. The number of rotatable bonds is 5. The largest absolute Gasteiger partial charge is 0.303 e. The van der Waals surface area contributed by atoms with Crippen LogP contribution in [0.15, 0.2) is 0 Å². The maximum atomic E-state index is 9.87. The summed E-state index contributed by atoms with van der Waals surface area (Å²) in [6, 6.07) is 0. The molecule has 0 unspecified atom stereocenters. The van der Waals surface area contributed by atoms with Gasteiger partial charge in [-0.05, 0) is 12.3 Å². The smallest absolute Gasteiger partial charge is 0.119 e. The predicted octanol–water partition coefficient (Wildman–Crippen LogP) is 2.16. The Kier molecular flexibility index (Phi) is 2.75. The van der Waals surface area contributed by atoms with Gasteiger partial charge in [-0.25, -0.2) is 0 Å². The van der Waals surface area contributed by atoms with Gasteiger partial charge in [0.25, 0.3) is 0 Å². The lowest BCUT2D eigenvalue weighted by molar-refractivity contribution is -0.107. The minimum atomic E-state index is 0.771. The zero-order chi connectivity index (χ0) is 6.53. The Bertz CT molecular complexity index is 84.6. The van der Waals surface area contributed by atoms with Crippen LogP contribution in [0.2, 0.25) is 0 Å². The van der Waals surface area contributed by atoms with Crippen LogP contribution in [-0.4, -0.2) is 6.29 Å². The van der Waals surface area contributed by atoms with Crippen LogP contribution in [0.25, 0.3) is 0 Å². The maximum Gasteiger partial charge on any atom is 0.119 e. The molecule has 1 heteroatoms. The molecule has 0 spiro atoms. The first-order valence-corrected chi connectivity index (χ1v) is 3.87. The monoisotopic (exact) mass is 126 g/mol. The number of hydrogen-bond donors (Lipinski definition) is 0. The van der Waals surface area contributed by atoms with E-state index in [1.807, 2.05) is 0 Å². The van der Waals surface area contributed by atoms with Gasteiger partial charge in [0.05, 0.1) is 0 Å². The van der Waals surface area contributed by atoms with Gasteiger partial charge in [-0.15, -0.1) is 0 Å². The van der Waals surface area contributed by atoms with Crippen molar-refractivity contribution in [3.63, 3.8) is 0 Å². The zero-order valence-corrected chi connectivity index (χ0v) is 5.81. The Morgan fingerprint density at radius 1 is 1.33 bits per heavy atom. The fourth-order valence-corrected chi connectivity index (χ4v) is 1.07. The standard InChI is InChI=1S/C8H14O/c9-7-3-1-2-4-8-5-6-8/h7-8H,1-6H2. The predicted molar refractivity (Wildman–Crippen MR) is 37.3 cm³/mol. The van der Waals surface area contributed by atoms with Gasteiger partial charge >= 0.3 is 0 Å². The van der Waals surface area contributed by atoms with Crippen LogP contribution in [0.4, 0.5) is 0 Å². The van der Waals surface area contributed by atoms with E-state index in [1.54, 1.807) is 0 Å². The summed E-state index contributed by atoms with van der Waals surface area (Å²) in [6.07, 6.45) is 8.43. The Morgan fingerprint density at radius 2 is 2.11 bits per heavy atom. The van der Waals surface area contributed by atoms with E-state index in [2.05, 4.69) is 0 Å². The van der Waals surface area contributed by atoms with Gasteiger partial charge in [0.15, 0.2) is 0 Å². The molecule has 1 aliphatic rings. The van der Waals surface area contributed by atoms with Crippen molar-refractivity contribution in [2.24, 2.45) is 5.92 Å². The highest BCUT2D eigenvalue weighted by molar-refractivity contribution is 5.48. The quantitative estimate of drug-likeness (QED) is 0.407. The van der Waals surface area contributed by atoms with E-state index in [-0.39, 0.29) is 0 Å². The third-order valence-corrected chi connectivity index (χ3v) is 1.88. The van der Waals surface area contributed by atoms with Gasteiger partial charge in [0, 0.05) is 6.42 Å². The van der Waals surface area contributed by atoms with E-state index < -0.39 is 0 Å². The van der Waals surface area contributed by atoms with Crippen molar-refractivity contribution in [1.29, 1.82) is 0 Å². The zero-order valence-electron chi connectivity index (χ0n) is 5.81. The van der Waals surface area contributed by atoms with Gasteiger partial charge in [-0.2, -0.15) is 0 Å². The first-order chi connectivity index (χ1) is 4.43. The lowest BCUT2D eigenvalue weighted by Crippen LogP contribution is -1.79. The van der Waals surface area contributed by atoms with Crippen LogP contribution in [-0.2, 0) is 4.79 Å². The van der Waals surface area contributed by atoms with Crippen LogP contribution in [0.1, 0.15) is 38.5 Å². The first kappa shape index (κ1) is 6.79. The number of hydrogen-bond acceptors (Lipinski definition) is 1. The van der Waals surface area contributed by atoms with E-state index >= 15 is 0 Å². The molecule has 0 aromatic heterocycles. The SMILES string of the molecule is O=CCCCCC1CC1. The van der Waals surface area contributed by atoms with E-state index in [0.29, 0.717) is 0 Å². The van der Waals surface area contributed by atoms with Gasteiger partial charge in [-0.1, -0.05) is 25.7 Å². The normalized spacial score (nSPS) is 17.8. The Balaban J connectivity index is 1.75. The van der Waals surface area contributed by atoms with Crippen molar-refractivity contribution in [1.82, 2.24) is 0 Å². The Labute approximate surface area is 56.4 Å². The molecule has 9 heavy (non-hydrogen) atoms. The number of carbonyl (C=O) groups excluding carboxylic acids is 1. The Morgan fingerprint density at radius 3 is 2.67 bits per heavy atom. The molecule has 1 saturated carbocycles. The molecule has 0 aromatic carbocycles. The molecule has 0 amide bonds. The van der Waals surface area contributed by atoms with Gasteiger partial charge in [0.1, 0.15) is 6.29 Å². The van der Waals surface area contributed by atoms with E-state index in [1.165, 1.54) is 25.7 Å². The van der Waals surface area contributed by atoms with Gasteiger partial charge in [0.2, 0.25) is 0 Å². The van der Waals surface area contributed by atoms with Crippen molar-refractivity contribution in [2.45, 2.75) is 38.5 Å². The number of carbonyl (C=O) groups is 1. The summed E-state index contributed by atoms with van der Waals surface area (Å²) in [5, 5.41) is 0. The average Bonchev–Trinajstić information content (AvgIpc) is 2.63. The molecule has 0 saturated heterocycles. The molecule has 1 rings (SSSR count). The minimum Gasteiger partial charge on any atom is -0.303 e. The third-order valence-electron chi connectivity index (χ3n) is 1.88. The summed E-state index contributed by atoms with van der Waals surface area (Å²) in [5.41, 5.74) is 0. The van der Waals surface area contributed by atoms with Crippen molar-refractivity contribution in [2.75, 3.05) is 0 Å². The van der Waals surface area contributed by atoms with Crippen LogP contribution in [0.5, 0.6) is 0 Å².